The van der Waals surface area contributed by atoms with Crippen LogP contribution in [0.2, 0.25) is 0 Å². The molecule has 3 saturated heterocycles. The summed E-state index contributed by atoms with van der Waals surface area (Å²) in [4.78, 5) is 79.7. The number of nitrogens with one attached hydrogen (secondary N) is 3. The normalized spacial score (nSPS) is 24.7. The number of carbonyl (C=O) groups excluding carboxylic acids is 5. The number of pyridine rings is 1. The number of amides is 5. The number of rotatable bonds is 12. The van der Waals surface area contributed by atoms with Crippen molar-refractivity contribution in [1.29, 1.82) is 0 Å². The van der Waals surface area contributed by atoms with Crippen LogP contribution in [0.1, 0.15) is 119 Å². The zero-order valence-electron chi connectivity index (χ0n) is 34.3. The smallest absolute Gasteiger partial charge is 0.274 e. The van der Waals surface area contributed by atoms with E-state index >= 15 is 0 Å². The minimum atomic E-state index is -1.18. The predicted octanol–water partition coefficient (Wildman–Crippen LogP) is 5.42. The van der Waals surface area contributed by atoms with Gasteiger partial charge < -0.3 is 15.7 Å². The maximum absolute atomic E-state index is 13.5. The lowest BCUT2D eigenvalue weighted by Crippen LogP contribution is -2.54. The predicted molar refractivity (Wildman–Crippen MR) is 228 cm³/mol. The molecule has 1 saturated carbocycles. The molecular weight excluding hydrogens is 781 g/mol. The van der Waals surface area contributed by atoms with Crippen LogP contribution in [0.3, 0.4) is 0 Å². The molecule has 5 aliphatic rings. The van der Waals surface area contributed by atoms with E-state index in [1.165, 1.54) is 19.3 Å². The van der Waals surface area contributed by atoms with Crippen LogP contribution in [0, 0.1) is 12.8 Å². The van der Waals surface area contributed by atoms with E-state index in [1.54, 1.807) is 49.4 Å². The van der Waals surface area contributed by atoms with Gasteiger partial charge in [0.2, 0.25) is 11.8 Å². The minimum absolute atomic E-state index is 0.0898. The molecule has 2 bridgehead atoms. The SMILES string of the molecule is Cc1cccc(C(=O)Nc2cc3sc(C4CCC(CN5C[C@@H]6C[C@H]5CN6CCCNc5cccc6c5C(=O)N(C5CCC(=O)NC5=O)C6=O)CC4)nc3cc2C(C)(C)O)n1. The fourth-order valence-corrected chi connectivity index (χ4v) is 11.2. The van der Waals surface area contributed by atoms with E-state index < -0.39 is 35.3 Å². The van der Waals surface area contributed by atoms with Gasteiger partial charge in [0.25, 0.3) is 17.7 Å². The molecule has 2 aromatic carbocycles. The molecule has 1 unspecified atom stereocenters. The molecular formula is C45H52N8O6S. The lowest BCUT2D eigenvalue weighted by molar-refractivity contribution is -0.136. The zero-order valence-corrected chi connectivity index (χ0v) is 35.1. The molecule has 0 spiro atoms. The van der Waals surface area contributed by atoms with Gasteiger partial charge in [-0.25, -0.2) is 9.97 Å². The lowest BCUT2D eigenvalue weighted by atomic mass is 9.82. The molecule has 9 rings (SSSR count). The fraction of sp³-hybridized carbons (Fsp3) is 0.489. The van der Waals surface area contributed by atoms with Crippen LogP contribution >= 0.6 is 11.3 Å². The number of hydrogen-bond donors (Lipinski definition) is 4. The summed E-state index contributed by atoms with van der Waals surface area (Å²) in [5.74, 6) is -1.23. The van der Waals surface area contributed by atoms with Crippen LogP contribution in [0.4, 0.5) is 11.4 Å². The summed E-state index contributed by atoms with van der Waals surface area (Å²) < 4.78 is 0.995. The lowest BCUT2D eigenvalue weighted by Gasteiger charge is -2.37. The first-order valence-corrected chi connectivity index (χ1v) is 22.1. The zero-order chi connectivity index (χ0) is 41.9. The van der Waals surface area contributed by atoms with Gasteiger partial charge in [-0.2, -0.15) is 0 Å². The Kier molecular flexibility index (Phi) is 10.8. The number of piperazine rings is 1. The highest BCUT2D eigenvalue weighted by Crippen LogP contribution is 2.42. The van der Waals surface area contributed by atoms with Crippen LogP contribution in [0.25, 0.3) is 10.2 Å². The Balaban J connectivity index is 0.745. The van der Waals surface area contributed by atoms with E-state index in [2.05, 4.69) is 30.7 Å². The highest BCUT2D eigenvalue weighted by molar-refractivity contribution is 7.18. The second-order valence-corrected chi connectivity index (χ2v) is 18.8. The summed E-state index contributed by atoms with van der Waals surface area (Å²) in [5, 5.41) is 20.8. The summed E-state index contributed by atoms with van der Waals surface area (Å²) in [5.41, 5.74) is 3.15. The molecule has 3 atom stereocenters. The van der Waals surface area contributed by atoms with Crippen molar-refractivity contribution in [2.75, 3.05) is 43.4 Å². The fourth-order valence-electron chi connectivity index (χ4n) is 10.1. The molecule has 1 aliphatic carbocycles. The van der Waals surface area contributed by atoms with Crippen LogP contribution in [0.5, 0.6) is 0 Å². The average Bonchev–Trinajstić information content (AvgIpc) is 3.98. The van der Waals surface area contributed by atoms with Crippen molar-refractivity contribution in [3.05, 3.63) is 81.6 Å². The minimum Gasteiger partial charge on any atom is -0.386 e. The summed E-state index contributed by atoms with van der Waals surface area (Å²) in [6.07, 6.45) is 6.86. The second-order valence-electron chi connectivity index (χ2n) is 17.8. The van der Waals surface area contributed by atoms with Crippen molar-refractivity contribution in [3.63, 3.8) is 0 Å². The second kappa shape index (κ2) is 16.1. The van der Waals surface area contributed by atoms with E-state index in [4.69, 9.17) is 4.98 Å². The molecule has 4 aliphatic heterocycles. The van der Waals surface area contributed by atoms with Crippen molar-refractivity contribution in [2.24, 2.45) is 5.92 Å². The number of fused-ring (bicyclic) bond motifs is 4. The van der Waals surface area contributed by atoms with Gasteiger partial charge in [-0.1, -0.05) is 12.1 Å². The van der Waals surface area contributed by atoms with Gasteiger partial charge in [-0.3, -0.25) is 44.0 Å². The largest absolute Gasteiger partial charge is 0.386 e. The molecule has 0 radical (unpaired) electrons. The van der Waals surface area contributed by atoms with Crippen molar-refractivity contribution in [3.8, 4) is 0 Å². The van der Waals surface area contributed by atoms with Crippen molar-refractivity contribution < 1.29 is 29.1 Å². The number of aryl methyl sites for hydroxylation is 1. The van der Waals surface area contributed by atoms with Crippen molar-refractivity contribution >= 4 is 62.5 Å². The van der Waals surface area contributed by atoms with Crippen LogP contribution in [-0.2, 0) is 15.2 Å². The number of carbonyl (C=O) groups is 5. The maximum Gasteiger partial charge on any atom is 0.274 e. The molecule has 15 heteroatoms. The van der Waals surface area contributed by atoms with Crippen molar-refractivity contribution in [1.82, 2.24) is 30.0 Å². The average molecular weight is 833 g/mol. The van der Waals surface area contributed by atoms with Crippen molar-refractivity contribution in [2.45, 2.75) is 102 Å². The number of anilines is 2. The third-order valence-electron chi connectivity index (χ3n) is 13.1. The molecule has 14 nitrogen and oxygen atoms in total. The number of nitrogens with zero attached hydrogens (tertiary/aromatic N) is 5. The van der Waals surface area contributed by atoms with E-state index in [-0.39, 0.29) is 24.3 Å². The van der Waals surface area contributed by atoms with Gasteiger partial charge in [-0.05, 0) is 108 Å². The summed E-state index contributed by atoms with van der Waals surface area (Å²) >= 11 is 1.69. The van der Waals surface area contributed by atoms with E-state index in [0.29, 0.717) is 58.7 Å². The van der Waals surface area contributed by atoms with Crippen LogP contribution in [0.15, 0.2) is 48.5 Å². The Bertz CT molecular complexity index is 2380. The molecule has 4 N–H and O–H groups in total. The number of piperidine rings is 1. The monoisotopic (exact) mass is 832 g/mol. The summed E-state index contributed by atoms with van der Waals surface area (Å²) in [7, 11) is 0. The highest BCUT2D eigenvalue weighted by Gasteiger charge is 2.46. The molecule has 314 valence electrons. The summed E-state index contributed by atoms with van der Waals surface area (Å²) in [6, 6.07) is 14.5. The van der Waals surface area contributed by atoms with E-state index in [0.717, 1.165) is 71.3 Å². The van der Waals surface area contributed by atoms with Crippen LogP contribution in [-0.4, -0.2) is 110 Å². The van der Waals surface area contributed by atoms with E-state index in [1.807, 2.05) is 31.2 Å². The number of benzene rings is 2. The number of likely N-dealkylation sites (tertiary alicyclic amines) is 2. The van der Waals surface area contributed by atoms with Crippen LogP contribution < -0.4 is 16.0 Å². The highest BCUT2D eigenvalue weighted by atomic mass is 32.1. The number of aromatic nitrogens is 2. The number of imide groups is 2. The number of hydrogen-bond acceptors (Lipinski definition) is 12. The summed E-state index contributed by atoms with van der Waals surface area (Å²) in [6.45, 7) is 10.2. The molecule has 60 heavy (non-hydrogen) atoms. The first-order valence-electron chi connectivity index (χ1n) is 21.3. The van der Waals surface area contributed by atoms with Gasteiger partial charge >= 0.3 is 0 Å². The maximum atomic E-state index is 13.5. The Morgan fingerprint density at radius 1 is 0.933 bits per heavy atom. The van der Waals surface area contributed by atoms with Gasteiger partial charge in [0, 0.05) is 79.8 Å². The van der Waals surface area contributed by atoms with Gasteiger partial charge in [0.05, 0.1) is 32.0 Å². The first kappa shape index (κ1) is 40.3. The number of aliphatic hydroxyl groups is 1. The molecule has 6 heterocycles. The third kappa shape index (κ3) is 7.83. The third-order valence-corrected chi connectivity index (χ3v) is 14.3. The Morgan fingerprint density at radius 2 is 1.70 bits per heavy atom. The Labute approximate surface area is 353 Å². The van der Waals surface area contributed by atoms with Gasteiger partial charge in [0.15, 0.2) is 0 Å². The Morgan fingerprint density at radius 3 is 2.43 bits per heavy atom. The topological polar surface area (TPSA) is 177 Å². The van der Waals surface area contributed by atoms with Gasteiger partial charge in [-0.15, -0.1) is 11.3 Å². The molecule has 4 fully saturated rings. The quantitative estimate of drug-likeness (QED) is 0.106. The van der Waals surface area contributed by atoms with E-state index in [9.17, 15) is 29.1 Å². The Hall–Kier alpha value is -5.09. The standard InChI is InChI=1S/C45H52N8O6S/c1-25-7-4-10-33(47-25)40(55)48-34-21-37-35(20-31(34)45(2,3)59)49-42(60-37)27-13-11-26(12-14-27)22-52-24-28-19-29(52)23-51(28)18-6-17-46-32-9-5-8-30-39(32)44(58)53(43(30)57)36-15-16-38(54)50-41(36)56/h4-5,7-10,20-21,26-29,36,46,59H,6,11-19,22-24H2,1-3H3,(H,48,55)(H,50,54,56)/t26?,27?,28-,29-,36?/m0/s1. The molecule has 2 aromatic heterocycles. The van der Waals surface area contributed by atoms with Gasteiger partial charge in [0.1, 0.15) is 11.7 Å². The molecule has 4 aromatic rings. The first-order chi connectivity index (χ1) is 28.8. The molecule has 5 amide bonds. The number of thiazole rings is 1.